The van der Waals surface area contributed by atoms with E-state index in [4.69, 9.17) is 4.74 Å². The summed E-state index contributed by atoms with van der Waals surface area (Å²) < 4.78 is 9.20. The highest BCUT2D eigenvalue weighted by Gasteiger charge is 2.10. The van der Waals surface area contributed by atoms with Crippen molar-refractivity contribution < 1.29 is 9.53 Å². The van der Waals surface area contributed by atoms with Crippen LogP contribution in [0.4, 0.5) is 5.69 Å². The molecule has 4 aromatic rings. The predicted molar refractivity (Wildman–Crippen MR) is 115 cm³/mol. The highest BCUT2D eigenvalue weighted by Crippen LogP contribution is 2.17. The van der Waals surface area contributed by atoms with E-state index in [0.29, 0.717) is 35.9 Å². The quantitative estimate of drug-likeness (QED) is 0.473. The number of nitrogens with zero attached hydrogens (tertiary/aromatic N) is 6. The van der Waals surface area contributed by atoms with Crippen molar-refractivity contribution in [3.05, 3.63) is 83.4 Å². The van der Waals surface area contributed by atoms with E-state index >= 15 is 0 Å². The van der Waals surface area contributed by atoms with E-state index in [2.05, 4.69) is 57.1 Å². The zero-order chi connectivity index (χ0) is 21.6. The number of anilines is 1. The van der Waals surface area contributed by atoms with Crippen molar-refractivity contribution in [2.75, 3.05) is 5.32 Å². The third kappa shape index (κ3) is 5.13. The van der Waals surface area contributed by atoms with Gasteiger partial charge < -0.3 is 10.1 Å². The van der Waals surface area contributed by atoms with E-state index in [-0.39, 0.29) is 12.5 Å². The summed E-state index contributed by atoms with van der Waals surface area (Å²) in [6.07, 6.45) is 3.44. The maximum Gasteiger partial charge on any atom is 0.255 e. The fourth-order valence-electron chi connectivity index (χ4n) is 3.05. The zero-order valence-electron chi connectivity index (χ0n) is 17.4. The van der Waals surface area contributed by atoms with E-state index < -0.39 is 0 Å². The summed E-state index contributed by atoms with van der Waals surface area (Å²) >= 11 is 0. The second kappa shape index (κ2) is 9.21. The Morgan fingerprint density at radius 2 is 2.00 bits per heavy atom. The highest BCUT2D eigenvalue weighted by atomic mass is 16.5. The number of nitrogens with one attached hydrogen (secondary N) is 1. The van der Waals surface area contributed by atoms with Crippen LogP contribution in [-0.4, -0.2) is 35.9 Å². The van der Waals surface area contributed by atoms with Gasteiger partial charge in [-0.05, 0) is 48.0 Å². The molecule has 4 rings (SSSR count). The molecule has 1 amide bonds. The van der Waals surface area contributed by atoms with Gasteiger partial charge in [0.25, 0.3) is 5.91 Å². The molecule has 0 aliphatic heterocycles. The van der Waals surface area contributed by atoms with E-state index in [1.165, 1.54) is 5.56 Å². The number of ether oxygens (including phenoxy) is 1. The monoisotopic (exact) mass is 417 g/mol. The topological polar surface area (TPSA) is 99.8 Å². The third-order valence-electron chi connectivity index (χ3n) is 4.73. The molecule has 158 valence electrons. The first-order valence-corrected chi connectivity index (χ1v) is 9.98. The molecule has 0 unspecified atom stereocenters. The van der Waals surface area contributed by atoms with Gasteiger partial charge in [-0.15, -0.1) is 5.10 Å². The van der Waals surface area contributed by atoms with Crippen LogP contribution in [-0.2, 0) is 19.7 Å². The Bertz CT molecular complexity index is 1160. The molecule has 0 saturated heterocycles. The van der Waals surface area contributed by atoms with Crippen molar-refractivity contribution in [3.63, 3.8) is 0 Å². The Morgan fingerprint density at radius 3 is 2.81 bits per heavy atom. The summed E-state index contributed by atoms with van der Waals surface area (Å²) in [5, 5.41) is 18.7. The van der Waals surface area contributed by atoms with Crippen molar-refractivity contribution >= 4 is 11.6 Å². The summed E-state index contributed by atoms with van der Waals surface area (Å²) in [6, 6.07) is 15.3. The summed E-state index contributed by atoms with van der Waals surface area (Å²) in [4.78, 5) is 12.7. The van der Waals surface area contributed by atoms with Gasteiger partial charge in [0.05, 0.1) is 18.4 Å². The summed E-state index contributed by atoms with van der Waals surface area (Å²) in [5.74, 6) is 0.949. The lowest BCUT2D eigenvalue weighted by Crippen LogP contribution is -2.12. The SMILES string of the molecule is CCn1nnnc1COc1cccc(C(=O)Nc2cnn(Cc3ccc(C)cc3)c2)c1. The minimum Gasteiger partial charge on any atom is -0.486 e. The molecule has 2 heterocycles. The van der Waals surface area contributed by atoms with Crippen LogP contribution in [0.5, 0.6) is 5.75 Å². The lowest BCUT2D eigenvalue weighted by Gasteiger charge is -2.08. The normalized spacial score (nSPS) is 10.8. The number of amides is 1. The lowest BCUT2D eigenvalue weighted by atomic mass is 10.1. The molecule has 2 aromatic heterocycles. The molecule has 9 nitrogen and oxygen atoms in total. The molecular formula is C22H23N7O2. The Morgan fingerprint density at radius 1 is 1.16 bits per heavy atom. The number of carbonyl (C=O) groups excluding carboxylic acids is 1. The van der Waals surface area contributed by atoms with Gasteiger partial charge in [0.15, 0.2) is 5.82 Å². The summed E-state index contributed by atoms with van der Waals surface area (Å²) in [5.41, 5.74) is 3.47. The second-order valence-electron chi connectivity index (χ2n) is 7.09. The molecule has 1 N–H and O–H groups in total. The van der Waals surface area contributed by atoms with Crippen molar-refractivity contribution in [1.82, 2.24) is 30.0 Å². The standard InChI is InChI=1S/C22H23N7O2/c1-3-29-21(25-26-27-29)15-31-20-6-4-5-18(11-20)22(30)24-19-12-23-28(14-19)13-17-9-7-16(2)8-10-17/h4-12,14H,3,13,15H2,1-2H3,(H,24,30). The van der Waals surface area contributed by atoms with E-state index in [1.54, 1.807) is 39.8 Å². The highest BCUT2D eigenvalue weighted by molar-refractivity contribution is 6.04. The maximum atomic E-state index is 12.7. The molecule has 0 aliphatic rings. The molecular weight excluding hydrogens is 394 g/mol. The summed E-state index contributed by atoms with van der Waals surface area (Å²) in [7, 11) is 0. The van der Waals surface area contributed by atoms with Gasteiger partial charge in [-0.25, -0.2) is 4.68 Å². The van der Waals surface area contributed by atoms with Crippen LogP contribution in [0.1, 0.15) is 34.2 Å². The molecule has 31 heavy (non-hydrogen) atoms. The number of tetrazole rings is 1. The second-order valence-corrected chi connectivity index (χ2v) is 7.09. The van der Waals surface area contributed by atoms with Gasteiger partial charge in [0.2, 0.25) is 0 Å². The number of rotatable bonds is 8. The molecule has 0 saturated carbocycles. The Balaban J connectivity index is 1.37. The number of aromatic nitrogens is 6. The smallest absolute Gasteiger partial charge is 0.255 e. The fourth-order valence-corrected chi connectivity index (χ4v) is 3.05. The number of benzene rings is 2. The summed E-state index contributed by atoms with van der Waals surface area (Å²) in [6.45, 7) is 5.52. The Kier molecular flexibility index (Phi) is 6.02. The lowest BCUT2D eigenvalue weighted by molar-refractivity contribution is 0.102. The van der Waals surface area contributed by atoms with Crippen molar-refractivity contribution in [2.45, 2.75) is 33.5 Å². The number of hydrogen-bond donors (Lipinski definition) is 1. The fraction of sp³-hybridized carbons (Fsp3) is 0.227. The maximum absolute atomic E-state index is 12.7. The first-order chi connectivity index (χ1) is 15.1. The molecule has 0 atom stereocenters. The van der Waals surface area contributed by atoms with Crippen LogP contribution in [0.25, 0.3) is 0 Å². The Labute approximate surface area is 179 Å². The molecule has 0 fully saturated rings. The van der Waals surface area contributed by atoms with Gasteiger partial charge in [0.1, 0.15) is 12.4 Å². The van der Waals surface area contributed by atoms with Crippen LogP contribution < -0.4 is 10.1 Å². The average Bonchev–Trinajstić information content (AvgIpc) is 3.43. The van der Waals surface area contributed by atoms with Gasteiger partial charge in [-0.2, -0.15) is 5.10 Å². The van der Waals surface area contributed by atoms with Gasteiger partial charge in [-0.3, -0.25) is 9.48 Å². The third-order valence-corrected chi connectivity index (χ3v) is 4.73. The minimum atomic E-state index is -0.237. The number of carbonyl (C=O) groups is 1. The molecule has 0 radical (unpaired) electrons. The largest absolute Gasteiger partial charge is 0.486 e. The average molecular weight is 417 g/mol. The molecule has 0 spiro atoms. The van der Waals surface area contributed by atoms with Gasteiger partial charge >= 0.3 is 0 Å². The molecule has 0 bridgehead atoms. The van der Waals surface area contributed by atoms with Gasteiger partial charge in [0, 0.05) is 18.3 Å². The molecule has 0 aliphatic carbocycles. The van der Waals surface area contributed by atoms with Crippen LogP contribution >= 0.6 is 0 Å². The van der Waals surface area contributed by atoms with Crippen molar-refractivity contribution in [1.29, 1.82) is 0 Å². The molecule has 2 aromatic carbocycles. The van der Waals surface area contributed by atoms with Crippen LogP contribution in [0.15, 0.2) is 60.9 Å². The predicted octanol–water partition coefficient (Wildman–Crippen LogP) is 3.08. The van der Waals surface area contributed by atoms with E-state index in [9.17, 15) is 4.79 Å². The van der Waals surface area contributed by atoms with Gasteiger partial charge in [-0.1, -0.05) is 35.9 Å². The van der Waals surface area contributed by atoms with Crippen LogP contribution in [0.2, 0.25) is 0 Å². The Hall–Kier alpha value is -4.01. The molecule has 9 heteroatoms. The van der Waals surface area contributed by atoms with Crippen LogP contribution in [0.3, 0.4) is 0 Å². The number of hydrogen-bond acceptors (Lipinski definition) is 6. The first-order valence-electron chi connectivity index (χ1n) is 9.98. The first kappa shape index (κ1) is 20.3. The minimum absolute atomic E-state index is 0.220. The zero-order valence-corrected chi connectivity index (χ0v) is 17.4. The van der Waals surface area contributed by atoms with E-state index in [1.807, 2.05) is 13.1 Å². The van der Waals surface area contributed by atoms with E-state index in [0.717, 1.165) is 5.56 Å². The van der Waals surface area contributed by atoms with Crippen LogP contribution in [0, 0.1) is 6.92 Å². The number of aryl methyl sites for hydroxylation is 2. The van der Waals surface area contributed by atoms with Crippen molar-refractivity contribution in [3.8, 4) is 5.75 Å². The van der Waals surface area contributed by atoms with Crippen molar-refractivity contribution in [2.24, 2.45) is 0 Å².